The van der Waals surface area contributed by atoms with E-state index in [1.807, 2.05) is 36.1 Å². The fraction of sp³-hybridized carbons (Fsp3) is 0.300. The Morgan fingerprint density at radius 3 is 2.70 bits per heavy atom. The Morgan fingerprint density at radius 1 is 1.19 bits per heavy atom. The minimum Gasteiger partial charge on any atom is -0.459 e. The van der Waals surface area contributed by atoms with E-state index in [4.69, 9.17) is 20.4 Å². The van der Waals surface area contributed by atoms with E-state index >= 15 is 0 Å². The fourth-order valence-electron chi connectivity index (χ4n) is 3.20. The fourth-order valence-corrected chi connectivity index (χ4v) is 3.39. The predicted octanol–water partition coefficient (Wildman–Crippen LogP) is 3.85. The van der Waals surface area contributed by atoms with E-state index in [1.54, 1.807) is 12.1 Å². The number of amides is 1. The van der Waals surface area contributed by atoms with E-state index in [2.05, 4.69) is 9.88 Å². The van der Waals surface area contributed by atoms with Crippen LogP contribution in [0.1, 0.15) is 22.0 Å². The highest BCUT2D eigenvalue weighted by Crippen LogP contribution is 2.25. The number of furan rings is 1. The number of oxazole rings is 1. The van der Waals surface area contributed by atoms with Crippen LogP contribution >= 0.6 is 11.6 Å². The standard InChI is InChI=1S/C20H20ClN3O3/c1-14-17(22-19(27-14)15-4-2-5-16(21)12-15)13-23-7-9-24(10-8-23)20(25)18-6-3-11-26-18/h2-6,11-12H,7-10,13H2,1H3. The lowest BCUT2D eigenvalue weighted by Crippen LogP contribution is -2.48. The lowest BCUT2D eigenvalue weighted by Gasteiger charge is -2.33. The van der Waals surface area contributed by atoms with Crippen molar-refractivity contribution in [3.05, 3.63) is 64.9 Å². The quantitative estimate of drug-likeness (QED) is 0.682. The average molecular weight is 386 g/mol. The first-order valence-electron chi connectivity index (χ1n) is 8.87. The molecule has 0 bridgehead atoms. The zero-order valence-corrected chi connectivity index (χ0v) is 15.8. The van der Waals surface area contributed by atoms with Crippen molar-refractivity contribution < 1.29 is 13.6 Å². The van der Waals surface area contributed by atoms with Crippen LogP contribution < -0.4 is 0 Å². The van der Waals surface area contributed by atoms with Gasteiger partial charge in [0.1, 0.15) is 5.76 Å². The number of carbonyl (C=O) groups excluding carboxylic acids is 1. The summed E-state index contributed by atoms with van der Waals surface area (Å²) in [5.74, 6) is 1.72. The Kier molecular flexibility index (Phi) is 5.01. The van der Waals surface area contributed by atoms with Crippen LogP contribution in [0.5, 0.6) is 0 Å². The van der Waals surface area contributed by atoms with Crippen molar-refractivity contribution in [1.82, 2.24) is 14.8 Å². The molecule has 0 spiro atoms. The van der Waals surface area contributed by atoms with Crippen molar-refractivity contribution in [2.24, 2.45) is 0 Å². The van der Waals surface area contributed by atoms with Crippen LogP contribution in [0.2, 0.25) is 5.02 Å². The predicted molar refractivity (Wildman–Crippen MR) is 102 cm³/mol. The topological polar surface area (TPSA) is 62.7 Å². The largest absolute Gasteiger partial charge is 0.459 e. The number of aromatic nitrogens is 1. The van der Waals surface area contributed by atoms with Gasteiger partial charge in [0.2, 0.25) is 5.89 Å². The summed E-state index contributed by atoms with van der Waals surface area (Å²) in [6.07, 6.45) is 1.52. The van der Waals surface area contributed by atoms with Crippen molar-refractivity contribution in [2.45, 2.75) is 13.5 Å². The van der Waals surface area contributed by atoms with Gasteiger partial charge >= 0.3 is 0 Å². The van der Waals surface area contributed by atoms with E-state index in [-0.39, 0.29) is 5.91 Å². The molecule has 0 saturated carbocycles. The molecule has 0 aliphatic carbocycles. The van der Waals surface area contributed by atoms with Gasteiger partial charge in [-0.1, -0.05) is 17.7 Å². The van der Waals surface area contributed by atoms with Crippen molar-refractivity contribution in [3.63, 3.8) is 0 Å². The maximum absolute atomic E-state index is 12.3. The third kappa shape index (κ3) is 3.91. The first-order chi connectivity index (χ1) is 13.1. The highest BCUT2D eigenvalue weighted by molar-refractivity contribution is 6.30. The summed E-state index contributed by atoms with van der Waals surface area (Å²) in [6, 6.07) is 10.9. The summed E-state index contributed by atoms with van der Waals surface area (Å²) in [4.78, 5) is 21.1. The average Bonchev–Trinajstić information content (AvgIpc) is 3.32. The number of halogens is 1. The van der Waals surface area contributed by atoms with Gasteiger partial charge in [0.25, 0.3) is 5.91 Å². The summed E-state index contributed by atoms with van der Waals surface area (Å²) < 4.78 is 11.0. The lowest BCUT2D eigenvalue weighted by molar-refractivity contribution is 0.0596. The number of rotatable bonds is 4. The number of nitrogens with zero attached hydrogens (tertiary/aromatic N) is 3. The number of hydrogen-bond donors (Lipinski definition) is 0. The third-order valence-corrected chi connectivity index (χ3v) is 4.96. The maximum atomic E-state index is 12.3. The Morgan fingerprint density at radius 2 is 2.00 bits per heavy atom. The summed E-state index contributed by atoms with van der Waals surface area (Å²) >= 11 is 6.06. The van der Waals surface area contributed by atoms with Crippen LogP contribution in [-0.2, 0) is 6.54 Å². The van der Waals surface area contributed by atoms with Gasteiger partial charge in [-0.2, -0.15) is 0 Å². The molecule has 3 aromatic rings. The highest BCUT2D eigenvalue weighted by atomic mass is 35.5. The van der Waals surface area contributed by atoms with Gasteiger partial charge in [0.15, 0.2) is 5.76 Å². The van der Waals surface area contributed by atoms with Crippen molar-refractivity contribution >= 4 is 17.5 Å². The van der Waals surface area contributed by atoms with Crippen molar-refractivity contribution in [1.29, 1.82) is 0 Å². The molecule has 2 aromatic heterocycles. The SMILES string of the molecule is Cc1oc(-c2cccc(Cl)c2)nc1CN1CCN(C(=O)c2ccco2)CC1. The van der Waals surface area contributed by atoms with Gasteiger partial charge in [0, 0.05) is 43.3 Å². The van der Waals surface area contributed by atoms with Crippen LogP contribution in [0.15, 0.2) is 51.5 Å². The van der Waals surface area contributed by atoms with Crippen LogP contribution in [0.4, 0.5) is 0 Å². The molecule has 6 nitrogen and oxygen atoms in total. The summed E-state index contributed by atoms with van der Waals surface area (Å²) in [5, 5.41) is 0.655. The molecular formula is C20H20ClN3O3. The van der Waals surface area contributed by atoms with Crippen molar-refractivity contribution in [2.75, 3.05) is 26.2 Å². The van der Waals surface area contributed by atoms with Gasteiger partial charge in [-0.3, -0.25) is 9.69 Å². The number of benzene rings is 1. The molecule has 0 N–H and O–H groups in total. The third-order valence-electron chi connectivity index (χ3n) is 4.73. The number of hydrogen-bond acceptors (Lipinski definition) is 5. The van der Waals surface area contributed by atoms with Crippen LogP contribution in [0, 0.1) is 6.92 Å². The Labute approximate surface area is 162 Å². The Bertz CT molecular complexity index is 928. The second-order valence-corrected chi connectivity index (χ2v) is 7.01. The maximum Gasteiger partial charge on any atom is 0.289 e. The molecule has 1 aliphatic heterocycles. The van der Waals surface area contributed by atoms with E-state index in [1.165, 1.54) is 6.26 Å². The number of carbonyl (C=O) groups is 1. The Balaban J connectivity index is 1.39. The van der Waals surface area contributed by atoms with Crippen LogP contribution in [0.3, 0.4) is 0 Å². The van der Waals surface area contributed by atoms with Gasteiger partial charge < -0.3 is 13.7 Å². The smallest absolute Gasteiger partial charge is 0.289 e. The van der Waals surface area contributed by atoms with Crippen LogP contribution in [0.25, 0.3) is 11.5 Å². The molecule has 140 valence electrons. The van der Waals surface area contributed by atoms with Gasteiger partial charge in [-0.25, -0.2) is 4.98 Å². The zero-order chi connectivity index (χ0) is 18.8. The molecule has 1 amide bonds. The van der Waals surface area contributed by atoms with E-state index in [0.717, 1.165) is 30.1 Å². The summed E-state index contributed by atoms with van der Waals surface area (Å²) in [5.41, 5.74) is 1.78. The molecule has 4 rings (SSSR count). The monoisotopic (exact) mass is 385 g/mol. The van der Waals surface area contributed by atoms with E-state index in [0.29, 0.717) is 36.3 Å². The molecular weight excluding hydrogens is 366 g/mol. The molecule has 0 atom stereocenters. The normalized spacial score (nSPS) is 15.3. The minimum absolute atomic E-state index is 0.0551. The molecule has 3 heterocycles. The molecule has 7 heteroatoms. The summed E-state index contributed by atoms with van der Waals surface area (Å²) in [6.45, 7) is 5.51. The van der Waals surface area contributed by atoms with Gasteiger partial charge in [0.05, 0.1) is 12.0 Å². The molecule has 27 heavy (non-hydrogen) atoms. The zero-order valence-electron chi connectivity index (χ0n) is 15.0. The number of aryl methyl sites for hydroxylation is 1. The molecule has 0 unspecified atom stereocenters. The molecule has 1 aliphatic rings. The number of piperazine rings is 1. The summed E-state index contributed by atoms with van der Waals surface area (Å²) in [7, 11) is 0. The van der Waals surface area contributed by atoms with Crippen molar-refractivity contribution in [3.8, 4) is 11.5 Å². The second-order valence-electron chi connectivity index (χ2n) is 6.58. The highest BCUT2D eigenvalue weighted by Gasteiger charge is 2.25. The second kappa shape index (κ2) is 7.58. The van der Waals surface area contributed by atoms with E-state index < -0.39 is 0 Å². The lowest BCUT2D eigenvalue weighted by atomic mass is 10.2. The first kappa shape index (κ1) is 17.8. The van der Waals surface area contributed by atoms with E-state index in [9.17, 15) is 4.79 Å². The molecule has 1 fully saturated rings. The molecule has 1 aromatic carbocycles. The van der Waals surface area contributed by atoms with Gasteiger partial charge in [-0.15, -0.1) is 0 Å². The minimum atomic E-state index is -0.0551. The van der Waals surface area contributed by atoms with Crippen LogP contribution in [-0.4, -0.2) is 46.9 Å². The Hall–Kier alpha value is -2.57. The first-order valence-corrected chi connectivity index (χ1v) is 9.25. The van der Waals surface area contributed by atoms with Gasteiger partial charge in [-0.05, 0) is 37.3 Å². The molecule has 1 saturated heterocycles. The molecule has 0 radical (unpaired) electrons.